The zero-order valence-electron chi connectivity index (χ0n) is 9.29. The maximum atomic E-state index is 11.7. The number of nitriles is 1. The van der Waals surface area contributed by atoms with Crippen molar-refractivity contribution in [1.29, 1.82) is 5.26 Å². The molecule has 4 nitrogen and oxygen atoms in total. The summed E-state index contributed by atoms with van der Waals surface area (Å²) in [4.78, 5) is 11.7. The average molecular weight is 215 g/mol. The van der Waals surface area contributed by atoms with Gasteiger partial charge in [0.05, 0.1) is 16.9 Å². The van der Waals surface area contributed by atoms with Crippen LogP contribution < -0.4 is 10.6 Å². The number of carbonyl (C=O) groups excluding carboxylic acids is 1. The molecule has 4 heteroatoms. The SMILES string of the molecule is CC1(C)CC(=O)Nc2c(C#N)cccc2N1. The molecule has 2 rings (SSSR count). The maximum absolute atomic E-state index is 11.7. The lowest BCUT2D eigenvalue weighted by molar-refractivity contribution is -0.116. The van der Waals surface area contributed by atoms with Gasteiger partial charge in [0.25, 0.3) is 0 Å². The van der Waals surface area contributed by atoms with E-state index in [1.54, 1.807) is 12.1 Å². The molecule has 1 aliphatic heterocycles. The molecule has 1 amide bonds. The molecule has 0 saturated heterocycles. The predicted octanol–water partition coefficient (Wildman–Crippen LogP) is 2.09. The van der Waals surface area contributed by atoms with Crippen molar-refractivity contribution in [3.8, 4) is 6.07 Å². The first-order chi connectivity index (χ1) is 7.52. The Morgan fingerprint density at radius 1 is 1.44 bits per heavy atom. The number of fused-ring (bicyclic) bond motifs is 1. The predicted molar refractivity (Wildman–Crippen MR) is 62.1 cm³/mol. The van der Waals surface area contributed by atoms with Gasteiger partial charge in [0, 0.05) is 12.0 Å². The molecule has 1 aromatic rings. The monoisotopic (exact) mass is 215 g/mol. The fourth-order valence-corrected chi connectivity index (χ4v) is 1.88. The van der Waals surface area contributed by atoms with Crippen LogP contribution in [0.25, 0.3) is 0 Å². The minimum atomic E-state index is -0.302. The van der Waals surface area contributed by atoms with Gasteiger partial charge >= 0.3 is 0 Å². The molecule has 1 aromatic carbocycles. The summed E-state index contributed by atoms with van der Waals surface area (Å²) in [6.07, 6.45) is 0.381. The summed E-state index contributed by atoms with van der Waals surface area (Å²) in [5.41, 5.74) is 1.56. The molecule has 0 aromatic heterocycles. The van der Waals surface area contributed by atoms with Crippen molar-refractivity contribution in [3.05, 3.63) is 23.8 Å². The van der Waals surface area contributed by atoms with Crippen LogP contribution in [-0.2, 0) is 4.79 Å². The number of amides is 1. The molecule has 82 valence electrons. The second-order valence-corrected chi connectivity index (χ2v) is 4.57. The third-order valence-electron chi connectivity index (χ3n) is 2.52. The highest BCUT2D eigenvalue weighted by Gasteiger charge is 2.27. The van der Waals surface area contributed by atoms with E-state index in [1.807, 2.05) is 19.9 Å². The van der Waals surface area contributed by atoms with Crippen molar-refractivity contribution in [3.63, 3.8) is 0 Å². The molecule has 0 atom stereocenters. The lowest BCUT2D eigenvalue weighted by Gasteiger charge is -2.24. The lowest BCUT2D eigenvalue weighted by Crippen LogP contribution is -2.32. The van der Waals surface area contributed by atoms with Crippen molar-refractivity contribution in [2.45, 2.75) is 25.8 Å². The summed E-state index contributed by atoms with van der Waals surface area (Å²) >= 11 is 0. The number of benzene rings is 1. The van der Waals surface area contributed by atoms with Gasteiger partial charge in [-0.25, -0.2) is 0 Å². The van der Waals surface area contributed by atoms with Crippen LogP contribution in [-0.4, -0.2) is 11.4 Å². The normalized spacial score (nSPS) is 17.4. The molecule has 1 aliphatic rings. The maximum Gasteiger partial charge on any atom is 0.226 e. The van der Waals surface area contributed by atoms with Crippen LogP contribution in [0.3, 0.4) is 0 Å². The number of para-hydroxylation sites is 1. The number of carbonyl (C=O) groups is 1. The van der Waals surface area contributed by atoms with Gasteiger partial charge < -0.3 is 10.6 Å². The zero-order valence-corrected chi connectivity index (χ0v) is 9.29. The molecular weight excluding hydrogens is 202 g/mol. The van der Waals surface area contributed by atoms with Gasteiger partial charge in [0.15, 0.2) is 0 Å². The molecule has 0 aliphatic carbocycles. The largest absolute Gasteiger partial charge is 0.378 e. The van der Waals surface area contributed by atoms with E-state index in [0.717, 1.165) is 5.69 Å². The molecule has 0 spiro atoms. The van der Waals surface area contributed by atoms with Crippen LogP contribution in [0.4, 0.5) is 11.4 Å². The van der Waals surface area contributed by atoms with Crippen LogP contribution >= 0.6 is 0 Å². The standard InChI is InChI=1S/C12H13N3O/c1-12(2)6-10(16)14-11-8(7-13)4-3-5-9(11)15-12/h3-5,15H,6H2,1-2H3,(H,14,16). The Kier molecular flexibility index (Phi) is 2.31. The van der Waals surface area contributed by atoms with E-state index < -0.39 is 0 Å². The molecule has 0 bridgehead atoms. The minimum absolute atomic E-state index is 0.0704. The van der Waals surface area contributed by atoms with Gasteiger partial charge in [-0.1, -0.05) is 6.07 Å². The van der Waals surface area contributed by atoms with E-state index in [0.29, 0.717) is 17.7 Å². The number of rotatable bonds is 0. The van der Waals surface area contributed by atoms with E-state index in [1.165, 1.54) is 0 Å². The van der Waals surface area contributed by atoms with E-state index in [2.05, 4.69) is 16.7 Å². The fourth-order valence-electron chi connectivity index (χ4n) is 1.88. The number of nitrogens with one attached hydrogen (secondary N) is 2. The minimum Gasteiger partial charge on any atom is -0.378 e. The first kappa shape index (κ1) is 10.5. The van der Waals surface area contributed by atoms with Gasteiger partial charge in [-0.2, -0.15) is 5.26 Å². The van der Waals surface area contributed by atoms with Crippen molar-refractivity contribution < 1.29 is 4.79 Å². The Morgan fingerprint density at radius 3 is 2.88 bits per heavy atom. The van der Waals surface area contributed by atoms with Gasteiger partial charge in [-0.3, -0.25) is 4.79 Å². The highest BCUT2D eigenvalue weighted by atomic mass is 16.1. The van der Waals surface area contributed by atoms with Crippen molar-refractivity contribution >= 4 is 17.3 Å². The molecule has 0 radical (unpaired) electrons. The highest BCUT2D eigenvalue weighted by Crippen LogP contribution is 2.32. The number of nitrogens with zero attached hydrogens (tertiary/aromatic N) is 1. The van der Waals surface area contributed by atoms with Crippen molar-refractivity contribution in [2.75, 3.05) is 10.6 Å². The van der Waals surface area contributed by atoms with Crippen LogP contribution in [0.1, 0.15) is 25.8 Å². The van der Waals surface area contributed by atoms with E-state index in [4.69, 9.17) is 5.26 Å². The third kappa shape index (κ3) is 1.84. The first-order valence-corrected chi connectivity index (χ1v) is 5.13. The Balaban J connectivity index is 2.55. The molecular formula is C12H13N3O. The van der Waals surface area contributed by atoms with Crippen molar-refractivity contribution in [2.24, 2.45) is 0 Å². The highest BCUT2D eigenvalue weighted by molar-refractivity contribution is 5.98. The van der Waals surface area contributed by atoms with Crippen molar-refractivity contribution in [1.82, 2.24) is 0 Å². The van der Waals surface area contributed by atoms with Crippen LogP contribution in [0.2, 0.25) is 0 Å². The second-order valence-electron chi connectivity index (χ2n) is 4.57. The molecule has 0 fully saturated rings. The smallest absolute Gasteiger partial charge is 0.226 e. The van der Waals surface area contributed by atoms with Crippen LogP contribution in [0.15, 0.2) is 18.2 Å². The Hall–Kier alpha value is -2.02. The van der Waals surface area contributed by atoms with Gasteiger partial charge in [-0.15, -0.1) is 0 Å². The molecule has 1 heterocycles. The van der Waals surface area contributed by atoms with E-state index in [9.17, 15) is 4.79 Å². The third-order valence-corrected chi connectivity index (χ3v) is 2.52. The summed E-state index contributed by atoms with van der Waals surface area (Å²) in [6, 6.07) is 7.44. The van der Waals surface area contributed by atoms with Gasteiger partial charge in [0.1, 0.15) is 6.07 Å². The summed E-state index contributed by atoms with van der Waals surface area (Å²) < 4.78 is 0. The molecule has 2 N–H and O–H groups in total. The molecule has 16 heavy (non-hydrogen) atoms. The lowest BCUT2D eigenvalue weighted by atomic mass is 10.0. The Bertz CT molecular complexity index is 486. The quantitative estimate of drug-likeness (QED) is 0.696. The van der Waals surface area contributed by atoms with Gasteiger partial charge in [0.2, 0.25) is 5.91 Å². The van der Waals surface area contributed by atoms with Gasteiger partial charge in [-0.05, 0) is 26.0 Å². The number of hydrogen-bond donors (Lipinski definition) is 2. The summed E-state index contributed by atoms with van der Waals surface area (Å²) in [5.74, 6) is -0.0704. The fraction of sp³-hybridized carbons (Fsp3) is 0.333. The van der Waals surface area contributed by atoms with E-state index >= 15 is 0 Å². The topological polar surface area (TPSA) is 64.9 Å². The molecule has 0 unspecified atom stereocenters. The number of anilines is 2. The average Bonchev–Trinajstić information content (AvgIpc) is 2.30. The Morgan fingerprint density at radius 2 is 2.19 bits per heavy atom. The zero-order chi connectivity index (χ0) is 11.8. The Labute approximate surface area is 94.3 Å². The van der Waals surface area contributed by atoms with E-state index in [-0.39, 0.29) is 11.4 Å². The van der Waals surface area contributed by atoms with Crippen LogP contribution in [0.5, 0.6) is 0 Å². The second kappa shape index (κ2) is 3.53. The summed E-state index contributed by atoms with van der Waals surface area (Å²) in [5, 5.41) is 15.0. The first-order valence-electron chi connectivity index (χ1n) is 5.13. The number of hydrogen-bond acceptors (Lipinski definition) is 3. The van der Waals surface area contributed by atoms with Crippen LogP contribution in [0, 0.1) is 11.3 Å². The summed E-state index contributed by atoms with van der Waals surface area (Å²) in [6.45, 7) is 3.92. The summed E-state index contributed by atoms with van der Waals surface area (Å²) in [7, 11) is 0. The molecule has 0 saturated carbocycles.